The first-order chi connectivity index (χ1) is 10.7. The van der Waals surface area contributed by atoms with Crippen molar-refractivity contribution in [2.45, 2.75) is 63.9 Å². The van der Waals surface area contributed by atoms with Crippen LogP contribution in [0.2, 0.25) is 0 Å². The van der Waals surface area contributed by atoms with Gasteiger partial charge in [0.15, 0.2) is 0 Å². The zero-order valence-corrected chi connectivity index (χ0v) is 13.9. The highest BCUT2D eigenvalue weighted by atomic mass is 16.6. The summed E-state index contributed by atoms with van der Waals surface area (Å²) >= 11 is 0. The topological polar surface area (TPSA) is 50.1 Å². The molecule has 8 unspecified atom stereocenters. The molecule has 0 aromatic rings. The number of ether oxygens (including phenoxy) is 4. The maximum atomic E-state index is 5.68. The molecule has 126 valence electrons. The monoisotopic (exact) mass is 310 g/mol. The fourth-order valence-corrected chi connectivity index (χ4v) is 4.16. The predicted octanol–water partition coefficient (Wildman–Crippen LogP) is 2.65. The molecule has 4 aliphatic rings. The summed E-state index contributed by atoms with van der Waals surface area (Å²) in [7, 11) is 0. The summed E-state index contributed by atoms with van der Waals surface area (Å²) in [4.78, 5) is 0. The molecule has 22 heavy (non-hydrogen) atoms. The molecule has 4 fully saturated rings. The van der Waals surface area contributed by atoms with Crippen molar-refractivity contribution in [2.75, 3.05) is 26.4 Å². The molecular formula is C18H30O4. The first kappa shape index (κ1) is 15.4. The van der Waals surface area contributed by atoms with Gasteiger partial charge in [0, 0.05) is 0 Å². The van der Waals surface area contributed by atoms with Crippen LogP contribution in [0.3, 0.4) is 0 Å². The van der Waals surface area contributed by atoms with Gasteiger partial charge < -0.3 is 18.9 Å². The first-order valence-corrected chi connectivity index (χ1v) is 9.21. The van der Waals surface area contributed by atoms with Gasteiger partial charge in [-0.25, -0.2) is 0 Å². The molecule has 0 saturated carbocycles. The predicted molar refractivity (Wildman–Crippen MR) is 82.7 cm³/mol. The van der Waals surface area contributed by atoms with Gasteiger partial charge in [0.05, 0.1) is 50.8 Å². The summed E-state index contributed by atoms with van der Waals surface area (Å²) < 4.78 is 22.4. The summed E-state index contributed by atoms with van der Waals surface area (Å²) in [5, 5.41) is 0. The number of hydrogen-bond donors (Lipinski definition) is 0. The van der Waals surface area contributed by atoms with E-state index < -0.39 is 0 Å². The lowest BCUT2D eigenvalue weighted by Crippen LogP contribution is -2.24. The zero-order chi connectivity index (χ0) is 15.1. The van der Waals surface area contributed by atoms with Crippen LogP contribution < -0.4 is 0 Å². The molecule has 4 saturated heterocycles. The molecular weight excluding hydrogens is 280 g/mol. The molecule has 0 aliphatic carbocycles. The normalized spacial score (nSPS) is 40.6. The lowest BCUT2D eigenvalue weighted by atomic mass is 9.79. The van der Waals surface area contributed by atoms with Gasteiger partial charge in [0.2, 0.25) is 0 Å². The Bertz CT molecular complexity index is 371. The zero-order valence-electron chi connectivity index (χ0n) is 13.9. The standard InChI is InChI=1S/C18H30O4/c1-3-12(16-8-20-16)5-14(18-10-22-18)6-13(17-9-21-17)4-11(2)15-7-19-15/h11-18H,3-10H2,1-2H3. The summed E-state index contributed by atoms with van der Waals surface area (Å²) in [6.45, 7) is 8.50. The Balaban J connectivity index is 1.33. The van der Waals surface area contributed by atoms with E-state index in [0.717, 1.165) is 32.3 Å². The van der Waals surface area contributed by atoms with Gasteiger partial charge >= 0.3 is 0 Å². The van der Waals surface area contributed by atoms with Gasteiger partial charge in [0.25, 0.3) is 0 Å². The quantitative estimate of drug-likeness (QED) is 0.551. The van der Waals surface area contributed by atoms with Crippen molar-refractivity contribution in [2.24, 2.45) is 23.7 Å². The fraction of sp³-hybridized carbons (Fsp3) is 1.00. The van der Waals surface area contributed by atoms with Gasteiger partial charge in [-0.1, -0.05) is 20.3 Å². The maximum Gasteiger partial charge on any atom is 0.0838 e. The van der Waals surface area contributed by atoms with Crippen molar-refractivity contribution in [1.82, 2.24) is 0 Å². The van der Waals surface area contributed by atoms with Crippen molar-refractivity contribution in [3.05, 3.63) is 0 Å². The highest BCUT2D eigenvalue weighted by Crippen LogP contribution is 2.41. The van der Waals surface area contributed by atoms with Crippen LogP contribution in [-0.2, 0) is 18.9 Å². The number of hydrogen-bond acceptors (Lipinski definition) is 4. The van der Waals surface area contributed by atoms with E-state index >= 15 is 0 Å². The van der Waals surface area contributed by atoms with Crippen LogP contribution in [0, 0.1) is 23.7 Å². The van der Waals surface area contributed by atoms with E-state index in [1.165, 1.54) is 25.7 Å². The number of rotatable bonds is 11. The molecule has 0 aromatic heterocycles. The molecule has 4 aliphatic heterocycles. The van der Waals surface area contributed by atoms with Crippen LogP contribution in [0.5, 0.6) is 0 Å². The average molecular weight is 310 g/mol. The molecule has 0 spiro atoms. The Morgan fingerprint density at radius 3 is 1.55 bits per heavy atom. The van der Waals surface area contributed by atoms with Crippen LogP contribution >= 0.6 is 0 Å². The summed E-state index contributed by atoms with van der Waals surface area (Å²) in [6.07, 6.45) is 7.04. The second-order valence-electron chi connectivity index (χ2n) is 7.86. The minimum atomic E-state index is 0.500. The summed E-state index contributed by atoms with van der Waals surface area (Å²) in [5.74, 6) is 2.77. The highest BCUT2D eigenvalue weighted by Gasteiger charge is 2.44. The third-order valence-electron chi connectivity index (χ3n) is 6.06. The Labute approximate surface area is 133 Å². The van der Waals surface area contributed by atoms with E-state index in [9.17, 15) is 0 Å². The van der Waals surface area contributed by atoms with E-state index in [4.69, 9.17) is 18.9 Å². The van der Waals surface area contributed by atoms with Gasteiger partial charge in [-0.15, -0.1) is 0 Å². The first-order valence-electron chi connectivity index (χ1n) is 9.21. The van der Waals surface area contributed by atoms with Crippen LogP contribution in [0.4, 0.5) is 0 Å². The van der Waals surface area contributed by atoms with Crippen molar-refractivity contribution >= 4 is 0 Å². The number of epoxide rings is 4. The minimum Gasteiger partial charge on any atom is -0.373 e. The SMILES string of the molecule is CCC(CC(CC(CC(C)C1CO1)C1CO1)C1CO1)C1CO1. The largest absolute Gasteiger partial charge is 0.373 e. The lowest BCUT2D eigenvalue weighted by molar-refractivity contribution is 0.176. The van der Waals surface area contributed by atoms with E-state index in [-0.39, 0.29) is 0 Å². The molecule has 0 N–H and O–H groups in total. The molecule has 0 radical (unpaired) electrons. The fourth-order valence-electron chi connectivity index (χ4n) is 4.16. The van der Waals surface area contributed by atoms with Gasteiger partial charge in [-0.05, 0) is 42.9 Å². The van der Waals surface area contributed by atoms with E-state index in [1.807, 2.05) is 0 Å². The molecule has 0 bridgehead atoms. The maximum absolute atomic E-state index is 5.68. The molecule has 8 atom stereocenters. The van der Waals surface area contributed by atoms with Crippen LogP contribution in [0.15, 0.2) is 0 Å². The Morgan fingerprint density at radius 2 is 1.09 bits per heavy atom. The summed E-state index contributed by atoms with van der Waals surface area (Å²) in [5.41, 5.74) is 0. The molecule has 4 heterocycles. The molecule has 0 aromatic carbocycles. The lowest BCUT2D eigenvalue weighted by Gasteiger charge is -2.26. The van der Waals surface area contributed by atoms with Crippen LogP contribution in [-0.4, -0.2) is 50.8 Å². The van der Waals surface area contributed by atoms with Gasteiger partial charge in [-0.3, -0.25) is 0 Å². The average Bonchev–Trinajstić information content (AvgIpc) is 3.42. The Kier molecular flexibility index (Phi) is 4.46. The molecule has 4 nitrogen and oxygen atoms in total. The van der Waals surface area contributed by atoms with E-state index in [0.29, 0.717) is 42.2 Å². The van der Waals surface area contributed by atoms with Crippen molar-refractivity contribution < 1.29 is 18.9 Å². The summed E-state index contributed by atoms with van der Waals surface area (Å²) in [6, 6.07) is 0. The Hall–Kier alpha value is -0.160. The molecule has 4 heteroatoms. The molecule has 4 rings (SSSR count). The van der Waals surface area contributed by atoms with Crippen molar-refractivity contribution in [1.29, 1.82) is 0 Å². The minimum absolute atomic E-state index is 0.500. The van der Waals surface area contributed by atoms with Crippen LogP contribution in [0.25, 0.3) is 0 Å². The van der Waals surface area contributed by atoms with E-state index in [1.54, 1.807) is 0 Å². The van der Waals surface area contributed by atoms with Gasteiger partial charge in [0.1, 0.15) is 0 Å². The van der Waals surface area contributed by atoms with Crippen molar-refractivity contribution in [3.63, 3.8) is 0 Å². The second kappa shape index (κ2) is 6.39. The second-order valence-corrected chi connectivity index (χ2v) is 7.86. The Morgan fingerprint density at radius 1 is 0.682 bits per heavy atom. The molecule has 0 amide bonds. The third kappa shape index (κ3) is 4.02. The third-order valence-corrected chi connectivity index (χ3v) is 6.06. The van der Waals surface area contributed by atoms with Crippen molar-refractivity contribution in [3.8, 4) is 0 Å². The highest BCUT2D eigenvalue weighted by molar-refractivity contribution is 4.91. The van der Waals surface area contributed by atoms with E-state index in [2.05, 4.69) is 13.8 Å². The van der Waals surface area contributed by atoms with Crippen LogP contribution in [0.1, 0.15) is 39.5 Å². The van der Waals surface area contributed by atoms with Gasteiger partial charge in [-0.2, -0.15) is 0 Å². The smallest absolute Gasteiger partial charge is 0.0838 e.